The molecule has 2 amide bonds. The van der Waals surface area contributed by atoms with E-state index in [1.807, 2.05) is 43.4 Å². The quantitative estimate of drug-likeness (QED) is 0.182. The molecule has 11 nitrogen and oxygen atoms in total. The molecule has 1 aromatic heterocycles. The smallest absolute Gasteiger partial charge is 0.321 e. The molecule has 4 aromatic rings. The highest BCUT2D eigenvalue weighted by molar-refractivity contribution is 5.89. The largest absolute Gasteiger partial charge is 0.491 e. The van der Waals surface area contributed by atoms with Gasteiger partial charge < -0.3 is 34.2 Å². The molecule has 0 radical (unpaired) electrons. The van der Waals surface area contributed by atoms with E-state index in [-0.39, 0.29) is 42.8 Å². The molecule has 0 spiro atoms. The predicted octanol–water partition coefficient (Wildman–Crippen LogP) is 6.76. The number of urea groups is 1. The van der Waals surface area contributed by atoms with Crippen LogP contribution in [0, 0.1) is 23.0 Å². The first-order chi connectivity index (χ1) is 24.8. The Morgan fingerprint density at radius 2 is 1.63 bits per heavy atom. The van der Waals surface area contributed by atoms with Crippen LogP contribution in [0.15, 0.2) is 79.4 Å². The van der Waals surface area contributed by atoms with Crippen molar-refractivity contribution >= 4 is 23.1 Å². The summed E-state index contributed by atoms with van der Waals surface area (Å²) < 4.78 is 48.4. The highest BCUT2D eigenvalue weighted by Gasteiger charge is 2.46. The Bertz CT molecular complexity index is 1780. The second-order valence-corrected chi connectivity index (χ2v) is 14.8. The summed E-state index contributed by atoms with van der Waals surface area (Å²) in [5.41, 5.74) is 3.18. The van der Waals surface area contributed by atoms with Crippen LogP contribution in [-0.4, -0.2) is 84.3 Å². The van der Waals surface area contributed by atoms with Crippen molar-refractivity contribution in [1.82, 2.24) is 19.7 Å². The van der Waals surface area contributed by atoms with Gasteiger partial charge in [0.2, 0.25) is 5.79 Å². The number of ether oxygens (including phenoxy) is 3. The molecule has 52 heavy (non-hydrogen) atoms. The Kier molecular flexibility index (Phi) is 11.0. The molecule has 6 rings (SSSR count). The lowest BCUT2D eigenvalue weighted by Gasteiger charge is -2.38. The minimum absolute atomic E-state index is 0.0339. The molecule has 0 bridgehead atoms. The third kappa shape index (κ3) is 8.47. The van der Waals surface area contributed by atoms with Crippen molar-refractivity contribution in [2.24, 2.45) is 11.3 Å². The second kappa shape index (κ2) is 15.5. The molecule has 13 heteroatoms. The number of aromatic nitrogens is 3. The maximum absolute atomic E-state index is 14.9. The van der Waals surface area contributed by atoms with E-state index in [1.165, 1.54) is 29.5 Å². The van der Waals surface area contributed by atoms with E-state index >= 15 is 0 Å². The molecule has 1 N–H and O–H groups in total. The van der Waals surface area contributed by atoms with Gasteiger partial charge in [-0.2, -0.15) is 5.10 Å². The van der Waals surface area contributed by atoms with Gasteiger partial charge in [0.05, 0.1) is 6.61 Å². The summed E-state index contributed by atoms with van der Waals surface area (Å²) in [6.07, 6.45) is 2.35. The van der Waals surface area contributed by atoms with Crippen molar-refractivity contribution in [2.45, 2.75) is 59.1 Å². The topological polar surface area (TPSA) is 97.2 Å². The van der Waals surface area contributed by atoms with Gasteiger partial charge in [0, 0.05) is 68.0 Å². The number of halogens is 2. The number of nitrogens with one attached hydrogen (secondary N) is 1. The average Bonchev–Trinajstić information content (AvgIpc) is 3.80. The molecule has 3 aromatic carbocycles. The van der Waals surface area contributed by atoms with Crippen molar-refractivity contribution < 1.29 is 27.8 Å². The van der Waals surface area contributed by atoms with E-state index in [1.54, 1.807) is 4.90 Å². The number of carbonyl (C=O) groups excluding carboxylic acids is 1. The van der Waals surface area contributed by atoms with Crippen molar-refractivity contribution in [1.29, 1.82) is 0 Å². The molecule has 2 aliphatic heterocycles. The lowest BCUT2D eigenvalue weighted by molar-refractivity contribution is -0.192. The fourth-order valence-corrected chi connectivity index (χ4v) is 6.66. The molecule has 0 saturated carbocycles. The van der Waals surface area contributed by atoms with Gasteiger partial charge in [0.15, 0.2) is 0 Å². The fraction of sp³-hybridized carbons (Fsp3) is 0.462. The van der Waals surface area contributed by atoms with Crippen molar-refractivity contribution in [3.05, 3.63) is 96.6 Å². The van der Waals surface area contributed by atoms with E-state index in [9.17, 15) is 13.6 Å². The van der Waals surface area contributed by atoms with Crippen LogP contribution in [0.2, 0.25) is 0 Å². The summed E-state index contributed by atoms with van der Waals surface area (Å²) in [7, 11) is 1.85. The van der Waals surface area contributed by atoms with E-state index in [0.717, 1.165) is 49.3 Å². The van der Waals surface area contributed by atoms with Gasteiger partial charge in [0.1, 0.15) is 49.3 Å². The second-order valence-electron chi connectivity index (χ2n) is 14.8. The first kappa shape index (κ1) is 37.0. The summed E-state index contributed by atoms with van der Waals surface area (Å²) in [5.74, 6) is -1.95. The molecular weight excluding hydrogens is 668 g/mol. The van der Waals surface area contributed by atoms with Crippen LogP contribution < -0.4 is 19.9 Å². The lowest BCUT2D eigenvalue weighted by atomic mass is 9.78. The van der Waals surface area contributed by atoms with Crippen LogP contribution in [0.1, 0.15) is 40.2 Å². The normalized spacial score (nSPS) is 20.4. The third-order valence-electron chi connectivity index (χ3n) is 10.5. The number of rotatable bonds is 11. The van der Waals surface area contributed by atoms with Crippen molar-refractivity contribution in [3.8, 4) is 5.75 Å². The number of carbonyl (C=O) groups is 1. The summed E-state index contributed by atoms with van der Waals surface area (Å²) in [4.78, 5) is 23.4. The van der Waals surface area contributed by atoms with Gasteiger partial charge in [-0.3, -0.25) is 0 Å². The first-order valence-corrected chi connectivity index (χ1v) is 17.8. The summed E-state index contributed by atoms with van der Waals surface area (Å²) in [6, 6.07) is 19.3. The van der Waals surface area contributed by atoms with Crippen LogP contribution >= 0.6 is 0 Å². The fourth-order valence-electron chi connectivity index (χ4n) is 6.66. The third-order valence-corrected chi connectivity index (χ3v) is 10.5. The Labute approximate surface area is 304 Å². The molecule has 2 fully saturated rings. The zero-order valence-electron chi connectivity index (χ0n) is 30.8. The predicted molar refractivity (Wildman–Crippen MR) is 197 cm³/mol. The van der Waals surface area contributed by atoms with Crippen LogP contribution in [0.4, 0.5) is 30.6 Å². The maximum Gasteiger partial charge on any atom is 0.321 e. The zero-order chi connectivity index (χ0) is 37.0. The Morgan fingerprint density at radius 3 is 2.21 bits per heavy atom. The van der Waals surface area contributed by atoms with Gasteiger partial charge in [-0.25, -0.2) is 23.2 Å². The highest BCUT2D eigenvalue weighted by atomic mass is 19.1. The van der Waals surface area contributed by atoms with Gasteiger partial charge >= 0.3 is 6.03 Å². The molecule has 2 aliphatic rings. The van der Waals surface area contributed by atoms with E-state index < -0.39 is 23.5 Å². The number of piperazine rings is 1. The minimum Gasteiger partial charge on any atom is -0.491 e. The van der Waals surface area contributed by atoms with Crippen LogP contribution in [0.25, 0.3) is 0 Å². The molecule has 2 saturated heterocycles. The zero-order valence-corrected chi connectivity index (χ0v) is 30.8. The van der Waals surface area contributed by atoms with Gasteiger partial charge in [0.25, 0.3) is 0 Å². The SMILES string of the molecule is CC([C@H](C)N(C)C(=O)Nc1ccc(N2CCN(c3ccc(OC[C@@H]4CO[C@@](Cn5cncn5)(c5ccc(F)cc5F)O4)cc3)CC2)cc1)C(C)(C)C. The van der Waals surface area contributed by atoms with Crippen LogP contribution in [0.5, 0.6) is 5.75 Å². The number of benzene rings is 3. The van der Waals surface area contributed by atoms with Gasteiger partial charge in [-0.1, -0.05) is 27.7 Å². The van der Waals surface area contributed by atoms with Crippen molar-refractivity contribution in [3.63, 3.8) is 0 Å². The number of hydrogen-bond donors (Lipinski definition) is 1. The first-order valence-electron chi connectivity index (χ1n) is 17.8. The number of hydrogen-bond acceptors (Lipinski definition) is 8. The van der Waals surface area contributed by atoms with E-state index in [2.05, 4.69) is 72.0 Å². The summed E-state index contributed by atoms with van der Waals surface area (Å²) >= 11 is 0. The Hall–Kier alpha value is -4.75. The van der Waals surface area contributed by atoms with Crippen LogP contribution in [-0.2, 0) is 21.8 Å². The summed E-state index contributed by atoms with van der Waals surface area (Å²) in [6.45, 7) is 14.7. The molecule has 4 atom stereocenters. The molecular formula is C39H49F2N7O4. The maximum atomic E-state index is 14.9. The number of anilines is 3. The molecule has 0 aliphatic carbocycles. The highest BCUT2D eigenvalue weighted by Crippen LogP contribution is 2.38. The van der Waals surface area contributed by atoms with Crippen molar-refractivity contribution in [2.75, 3.05) is 61.6 Å². The van der Waals surface area contributed by atoms with Gasteiger partial charge in [-0.15, -0.1) is 0 Å². The molecule has 278 valence electrons. The lowest BCUT2D eigenvalue weighted by Crippen LogP contribution is -2.46. The number of amides is 2. The number of nitrogens with zero attached hydrogens (tertiary/aromatic N) is 6. The Balaban J connectivity index is 0.979. The molecule has 1 unspecified atom stereocenters. The Morgan fingerprint density at radius 1 is 1.00 bits per heavy atom. The molecule has 3 heterocycles. The van der Waals surface area contributed by atoms with Gasteiger partial charge in [-0.05, 0) is 78.9 Å². The monoisotopic (exact) mass is 717 g/mol. The van der Waals surface area contributed by atoms with Crippen LogP contribution in [0.3, 0.4) is 0 Å². The standard InChI is InChI=1S/C39H49F2N7O4/c1-27(38(3,4)5)28(2)45(6)37(49)44-30-8-10-31(11-9-30)46-17-19-47(20-18-46)32-12-14-33(15-13-32)50-22-34-23-51-39(52-34,24-48-26-42-25-43-48)35-16-7-29(40)21-36(35)41/h7-16,21,25-28,34H,17-20,22-24H2,1-6H3,(H,44,49)/t27?,28-,34+,39+/m0/s1. The van der Waals surface area contributed by atoms with E-state index in [4.69, 9.17) is 14.2 Å². The average molecular weight is 718 g/mol. The minimum atomic E-state index is -1.51. The van der Waals surface area contributed by atoms with E-state index in [0.29, 0.717) is 11.7 Å². The summed E-state index contributed by atoms with van der Waals surface area (Å²) in [5, 5.41) is 7.15.